The number of rotatable bonds is 4. The third-order valence-electron chi connectivity index (χ3n) is 5.25. The van der Waals surface area contributed by atoms with Crippen molar-refractivity contribution in [2.45, 2.75) is 46.6 Å². The Morgan fingerprint density at radius 2 is 2.00 bits per heavy atom. The Kier molecular flexibility index (Phi) is 4.19. The molecule has 2 aromatic rings. The Hall–Kier alpha value is -1.46. The maximum absolute atomic E-state index is 9.65. The van der Waals surface area contributed by atoms with Crippen molar-refractivity contribution < 1.29 is 5.11 Å². The Morgan fingerprint density at radius 1 is 1.27 bits per heavy atom. The smallest absolute Gasteiger partial charge is 0.234 e. The van der Waals surface area contributed by atoms with Gasteiger partial charge in [0, 0.05) is 24.5 Å². The number of piperidine rings is 1. The van der Waals surface area contributed by atoms with Crippen LogP contribution in [-0.2, 0) is 6.54 Å². The highest BCUT2D eigenvalue weighted by Crippen LogP contribution is 2.34. The zero-order valence-electron chi connectivity index (χ0n) is 13.8. The van der Waals surface area contributed by atoms with Crippen LogP contribution in [0.4, 0.5) is 0 Å². The van der Waals surface area contributed by atoms with Crippen LogP contribution in [-0.4, -0.2) is 44.1 Å². The molecule has 0 radical (unpaired) electrons. The van der Waals surface area contributed by atoms with E-state index in [2.05, 4.69) is 39.2 Å². The van der Waals surface area contributed by atoms with E-state index in [1.54, 1.807) is 0 Å². The largest absolute Gasteiger partial charge is 0.396 e. The molecule has 0 aliphatic carbocycles. The summed E-state index contributed by atoms with van der Waals surface area (Å²) in [6.07, 6.45) is 5.16. The highest BCUT2D eigenvalue weighted by Gasteiger charge is 2.32. The Morgan fingerprint density at radius 3 is 2.64 bits per heavy atom. The molecule has 0 saturated carbocycles. The predicted molar refractivity (Wildman–Crippen MR) is 86.8 cm³/mol. The van der Waals surface area contributed by atoms with Crippen molar-refractivity contribution in [1.29, 1.82) is 0 Å². The van der Waals surface area contributed by atoms with Gasteiger partial charge in [0.05, 0.1) is 11.9 Å². The molecule has 0 bridgehead atoms. The summed E-state index contributed by atoms with van der Waals surface area (Å²) in [6.45, 7) is 9.60. The van der Waals surface area contributed by atoms with Gasteiger partial charge in [-0.25, -0.2) is 9.97 Å². The van der Waals surface area contributed by atoms with Crippen molar-refractivity contribution in [3.8, 4) is 0 Å². The lowest BCUT2D eigenvalue weighted by Gasteiger charge is -2.40. The van der Waals surface area contributed by atoms with Crippen LogP contribution in [0.3, 0.4) is 0 Å². The van der Waals surface area contributed by atoms with Gasteiger partial charge in [0.2, 0.25) is 5.78 Å². The van der Waals surface area contributed by atoms with E-state index in [-0.39, 0.29) is 5.41 Å². The Labute approximate surface area is 132 Å². The number of aryl methyl sites for hydroxylation is 2. The number of aromatic nitrogens is 3. The maximum Gasteiger partial charge on any atom is 0.234 e. The van der Waals surface area contributed by atoms with E-state index in [1.807, 2.05) is 13.1 Å². The molecule has 0 unspecified atom stereocenters. The maximum atomic E-state index is 9.65. The van der Waals surface area contributed by atoms with Gasteiger partial charge in [-0.2, -0.15) is 0 Å². The standard InChI is InChI=1S/C17H26N4O/c1-4-17(12-22)5-7-20(8-6-17)11-15-10-18-16-19-13(2)9-14(3)21(15)16/h9-10,22H,4-8,11-12H2,1-3H3. The van der Waals surface area contributed by atoms with E-state index in [9.17, 15) is 5.11 Å². The molecule has 5 nitrogen and oxygen atoms in total. The summed E-state index contributed by atoms with van der Waals surface area (Å²) in [4.78, 5) is 11.4. The first-order chi connectivity index (χ1) is 10.6. The van der Waals surface area contributed by atoms with E-state index in [4.69, 9.17) is 0 Å². The quantitative estimate of drug-likeness (QED) is 0.942. The zero-order valence-corrected chi connectivity index (χ0v) is 13.8. The lowest BCUT2D eigenvalue weighted by Crippen LogP contribution is -2.41. The summed E-state index contributed by atoms with van der Waals surface area (Å²) in [5, 5.41) is 9.65. The minimum Gasteiger partial charge on any atom is -0.396 e. The second-order valence-electron chi connectivity index (χ2n) is 6.71. The lowest BCUT2D eigenvalue weighted by molar-refractivity contribution is 0.0377. The average molecular weight is 302 g/mol. The van der Waals surface area contributed by atoms with Gasteiger partial charge in [0.1, 0.15) is 0 Å². The molecular formula is C17H26N4O. The summed E-state index contributed by atoms with van der Waals surface area (Å²) in [6, 6.07) is 2.10. The van der Waals surface area contributed by atoms with E-state index < -0.39 is 0 Å². The zero-order chi connectivity index (χ0) is 15.7. The Balaban J connectivity index is 1.75. The fourth-order valence-electron chi connectivity index (χ4n) is 3.55. The van der Waals surface area contributed by atoms with Gasteiger partial charge < -0.3 is 5.11 Å². The molecule has 1 aliphatic heterocycles. The van der Waals surface area contributed by atoms with E-state index in [0.717, 1.165) is 50.4 Å². The molecule has 3 rings (SSSR count). The third-order valence-corrected chi connectivity index (χ3v) is 5.25. The van der Waals surface area contributed by atoms with Crippen LogP contribution in [0.15, 0.2) is 12.3 Å². The normalized spacial score (nSPS) is 18.9. The molecule has 22 heavy (non-hydrogen) atoms. The molecule has 5 heteroatoms. The fraction of sp³-hybridized carbons (Fsp3) is 0.647. The third kappa shape index (κ3) is 2.75. The fourth-order valence-corrected chi connectivity index (χ4v) is 3.55. The van der Waals surface area contributed by atoms with Crippen molar-refractivity contribution in [2.24, 2.45) is 5.41 Å². The molecule has 0 aromatic carbocycles. The first-order valence-electron chi connectivity index (χ1n) is 8.21. The highest BCUT2D eigenvalue weighted by molar-refractivity contribution is 5.35. The number of aliphatic hydroxyl groups is 1. The molecule has 1 N–H and O–H groups in total. The summed E-state index contributed by atoms with van der Waals surface area (Å²) in [5.74, 6) is 0.794. The molecule has 120 valence electrons. The minimum absolute atomic E-state index is 0.143. The van der Waals surface area contributed by atoms with Crippen LogP contribution < -0.4 is 0 Å². The molecule has 0 atom stereocenters. The van der Waals surface area contributed by atoms with Crippen molar-refractivity contribution in [1.82, 2.24) is 19.3 Å². The lowest BCUT2D eigenvalue weighted by atomic mass is 9.77. The highest BCUT2D eigenvalue weighted by atomic mass is 16.3. The van der Waals surface area contributed by atoms with Gasteiger partial charge in [0.25, 0.3) is 0 Å². The first-order valence-corrected chi connectivity index (χ1v) is 8.21. The molecule has 2 aromatic heterocycles. The molecule has 1 aliphatic rings. The van der Waals surface area contributed by atoms with Crippen LogP contribution in [0.5, 0.6) is 0 Å². The van der Waals surface area contributed by atoms with E-state index >= 15 is 0 Å². The number of fused-ring (bicyclic) bond motifs is 1. The van der Waals surface area contributed by atoms with Crippen LogP contribution in [0, 0.1) is 19.3 Å². The van der Waals surface area contributed by atoms with Crippen molar-refractivity contribution >= 4 is 5.78 Å². The number of imidazole rings is 1. The first kappa shape index (κ1) is 15.4. The summed E-state index contributed by atoms with van der Waals surface area (Å²) in [5.41, 5.74) is 3.54. The van der Waals surface area contributed by atoms with E-state index in [0.29, 0.717) is 6.61 Å². The van der Waals surface area contributed by atoms with Crippen LogP contribution in [0.2, 0.25) is 0 Å². The molecule has 0 spiro atoms. The SMILES string of the molecule is CCC1(CO)CCN(Cc2cnc3nc(C)cc(C)n23)CC1. The van der Waals surface area contributed by atoms with E-state index in [1.165, 1.54) is 11.4 Å². The second kappa shape index (κ2) is 5.97. The van der Waals surface area contributed by atoms with Crippen molar-refractivity contribution in [3.63, 3.8) is 0 Å². The Bertz CT molecular complexity index is 650. The topological polar surface area (TPSA) is 53.7 Å². The van der Waals surface area contributed by atoms with Crippen molar-refractivity contribution in [2.75, 3.05) is 19.7 Å². The number of hydrogen-bond donors (Lipinski definition) is 1. The predicted octanol–water partition coefficient (Wildman–Crippen LogP) is 2.33. The number of nitrogens with zero attached hydrogens (tertiary/aromatic N) is 4. The molecule has 0 amide bonds. The van der Waals surface area contributed by atoms with Gasteiger partial charge in [-0.15, -0.1) is 0 Å². The monoisotopic (exact) mass is 302 g/mol. The molecule has 1 saturated heterocycles. The summed E-state index contributed by atoms with van der Waals surface area (Å²) in [7, 11) is 0. The van der Waals surface area contributed by atoms with Gasteiger partial charge in [-0.3, -0.25) is 9.30 Å². The molecular weight excluding hydrogens is 276 g/mol. The summed E-state index contributed by atoms with van der Waals surface area (Å²) < 4.78 is 2.15. The van der Waals surface area contributed by atoms with Gasteiger partial charge >= 0.3 is 0 Å². The van der Waals surface area contributed by atoms with Gasteiger partial charge in [0.15, 0.2) is 0 Å². The van der Waals surface area contributed by atoms with Crippen LogP contribution in [0.1, 0.15) is 43.3 Å². The second-order valence-corrected chi connectivity index (χ2v) is 6.71. The molecule has 3 heterocycles. The van der Waals surface area contributed by atoms with Crippen molar-refractivity contribution in [3.05, 3.63) is 29.3 Å². The summed E-state index contributed by atoms with van der Waals surface area (Å²) >= 11 is 0. The average Bonchev–Trinajstić information content (AvgIpc) is 2.91. The molecule has 1 fully saturated rings. The van der Waals surface area contributed by atoms with Gasteiger partial charge in [-0.05, 0) is 57.7 Å². The number of hydrogen-bond acceptors (Lipinski definition) is 4. The van der Waals surface area contributed by atoms with Gasteiger partial charge in [-0.1, -0.05) is 6.92 Å². The van der Waals surface area contributed by atoms with Crippen LogP contribution >= 0.6 is 0 Å². The number of aliphatic hydroxyl groups excluding tert-OH is 1. The van der Waals surface area contributed by atoms with Crippen LogP contribution in [0.25, 0.3) is 5.78 Å². The minimum atomic E-state index is 0.143. The number of likely N-dealkylation sites (tertiary alicyclic amines) is 1.